The van der Waals surface area contributed by atoms with Crippen LogP contribution in [0.1, 0.15) is 28.9 Å². The summed E-state index contributed by atoms with van der Waals surface area (Å²) in [4.78, 5) is 21.3. The zero-order valence-electron chi connectivity index (χ0n) is 14.5. The number of furan rings is 1. The van der Waals surface area contributed by atoms with E-state index in [0.717, 1.165) is 30.5 Å². The number of rotatable bonds is 4. The summed E-state index contributed by atoms with van der Waals surface area (Å²) in [5.41, 5.74) is 1.21. The second-order valence-corrected chi connectivity index (χ2v) is 7.16. The molecule has 3 aromatic rings. The van der Waals surface area contributed by atoms with E-state index >= 15 is 0 Å². The predicted octanol–water partition coefficient (Wildman–Crippen LogP) is 3.07. The van der Waals surface area contributed by atoms with Crippen molar-refractivity contribution in [2.24, 2.45) is 0 Å². The van der Waals surface area contributed by atoms with Gasteiger partial charge < -0.3 is 14.2 Å². The maximum Gasteiger partial charge on any atom is 0.289 e. The van der Waals surface area contributed by atoms with Crippen LogP contribution in [0.2, 0.25) is 0 Å². The first-order valence-corrected chi connectivity index (χ1v) is 9.44. The molecule has 26 heavy (non-hydrogen) atoms. The highest BCUT2D eigenvalue weighted by Gasteiger charge is 2.30. The number of hydrogen-bond acceptors (Lipinski definition) is 6. The van der Waals surface area contributed by atoms with Crippen LogP contribution in [0.4, 0.5) is 5.13 Å². The Morgan fingerprint density at radius 1 is 1.23 bits per heavy atom. The van der Waals surface area contributed by atoms with Gasteiger partial charge in [-0.1, -0.05) is 30.3 Å². The van der Waals surface area contributed by atoms with E-state index in [1.807, 2.05) is 23.1 Å². The van der Waals surface area contributed by atoms with Gasteiger partial charge in [0.25, 0.3) is 5.91 Å². The van der Waals surface area contributed by atoms with Crippen molar-refractivity contribution in [1.29, 1.82) is 0 Å². The summed E-state index contributed by atoms with van der Waals surface area (Å²) >= 11 is 1.43. The SMILES string of the molecule is C[C@H]1CN(c2nc(Cc3ccccc3)ns2)CCN1C(=O)c1ccco1. The maximum atomic E-state index is 12.5. The number of amides is 1. The van der Waals surface area contributed by atoms with Crippen molar-refractivity contribution in [1.82, 2.24) is 14.3 Å². The van der Waals surface area contributed by atoms with Crippen LogP contribution in [0, 0.1) is 0 Å². The van der Waals surface area contributed by atoms with Crippen LogP contribution in [0.25, 0.3) is 0 Å². The van der Waals surface area contributed by atoms with Gasteiger partial charge in [-0.3, -0.25) is 4.79 Å². The molecule has 0 N–H and O–H groups in total. The zero-order chi connectivity index (χ0) is 17.9. The van der Waals surface area contributed by atoms with Gasteiger partial charge in [-0.25, -0.2) is 4.98 Å². The highest BCUT2D eigenvalue weighted by Crippen LogP contribution is 2.23. The fourth-order valence-corrected chi connectivity index (χ4v) is 3.92. The molecule has 7 heteroatoms. The summed E-state index contributed by atoms with van der Waals surface area (Å²) in [6.07, 6.45) is 2.27. The van der Waals surface area contributed by atoms with Crippen molar-refractivity contribution in [3.63, 3.8) is 0 Å². The minimum atomic E-state index is -0.0517. The molecule has 1 amide bonds. The Morgan fingerprint density at radius 2 is 2.08 bits per heavy atom. The largest absolute Gasteiger partial charge is 0.459 e. The van der Waals surface area contributed by atoms with E-state index in [1.54, 1.807) is 12.1 Å². The molecule has 0 bridgehead atoms. The molecule has 2 aromatic heterocycles. The van der Waals surface area contributed by atoms with E-state index in [0.29, 0.717) is 12.3 Å². The van der Waals surface area contributed by atoms with Crippen molar-refractivity contribution in [3.05, 3.63) is 65.9 Å². The normalized spacial score (nSPS) is 17.5. The fraction of sp³-hybridized carbons (Fsp3) is 0.316. The number of piperazine rings is 1. The Balaban J connectivity index is 1.40. The standard InChI is InChI=1S/C19H20N4O2S/c1-14-13-22(9-10-23(14)18(24)16-8-5-11-25-16)19-20-17(21-26-19)12-15-6-3-2-4-7-15/h2-8,11,14H,9-10,12-13H2,1H3/t14-/m0/s1. The van der Waals surface area contributed by atoms with Crippen molar-refractivity contribution >= 4 is 22.6 Å². The molecule has 1 aliphatic rings. The Morgan fingerprint density at radius 3 is 2.81 bits per heavy atom. The minimum absolute atomic E-state index is 0.0517. The molecule has 1 fully saturated rings. The third kappa shape index (κ3) is 3.48. The van der Waals surface area contributed by atoms with Crippen LogP contribution in [0.3, 0.4) is 0 Å². The molecule has 4 rings (SSSR count). The highest BCUT2D eigenvalue weighted by atomic mass is 32.1. The van der Waals surface area contributed by atoms with Crippen LogP contribution >= 0.6 is 11.5 Å². The van der Waals surface area contributed by atoms with Gasteiger partial charge in [-0.2, -0.15) is 4.37 Å². The molecule has 1 aliphatic heterocycles. The van der Waals surface area contributed by atoms with Gasteiger partial charge >= 0.3 is 0 Å². The lowest BCUT2D eigenvalue weighted by Gasteiger charge is -2.39. The summed E-state index contributed by atoms with van der Waals surface area (Å²) in [5, 5.41) is 0.924. The second-order valence-electron chi connectivity index (χ2n) is 6.43. The molecule has 134 valence electrons. The molecular weight excluding hydrogens is 348 g/mol. The van der Waals surface area contributed by atoms with E-state index in [-0.39, 0.29) is 11.9 Å². The molecule has 0 aliphatic carbocycles. The molecule has 1 atom stereocenters. The Hall–Kier alpha value is -2.67. The predicted molar refractivity (Wildman–Crippen MR) is 101 cm³/mol. The molecule has 3 heterocycles. The third-order valence-electron chi connectivity index (χ3n) is 4.55. The van der Waals surface area contributed by atoms with E-state index in [4.69, 9.17) is 9.40 Å². The van der Waals surface area contributed by atoms with Crippen molar-refractivity contribution < 1.29 is 9.21 Å². The highest BCUT2D eigenvalue weighted by molar-refractivity contribution is 7.09. The van der Waals surface area contributed by atoms with Gasteiger partial charge in [0, 0.05) is 43.6 Å². The van der Waals surface area contributed by atoms with Gasteiger partial charge in [0.15, 0.2) is 5.76 Å². The first-order chi connectivity index (χ1) is 12.7. The summed E-state index contributed by atoms with van der Waals surface area (Å²) in [6, 6.07) is 13.8. The van der Waals surface area contributed by atoms with E-state index in [2.05, 4.69) is 28.3 Å². The van der Waals surface area contributed by atoms with Gasteiger partial charge in [-0.05, 0) is 24.6 Å². The Bertz CT molecular complexity index is 863. The molecule has 0 saturated carbocycles. The molecule has 0 spiro atoms. The number of anilines is 1. The van der Waals surface area contributed by atoms with Crippen LogP contribution in [0.15, 0.2) is 53.1 Å². The first kappa shape index (κ1) is 16.8. The quantitative estimate of drug-likeness (QED) is 0.708. The lowest BCUT2D eigenvalue weighted by molar-refractivity contribution is 0.0641. The van der Waals surface area contributed by atoms with Crippen molar-refractivity contribution in [2.75, 3.05) is 24.5 Å². The topological polar surface area (TPSA) is 62.5 Å². The molecule has 0 unspecified atom stereocenters. The number of aromatic nitrogens is 2. The van der Waals surface area contributed by atoms with Crippen LogP contribution < -0.4 is 4.90 Å². The first-order valence-electron chi connectivity index (χ1n) is 8.66. The maximum absolute atomic E-state index is 12.5. The second kappa shape index (κ2) is 7.29. The van der Waals surface area contributed by atoms with E-state index in [9.17, 15) is 4.79 Å². The number of nitrogens with zero attached hydrogens (tertiary/aromatic N) is 4. The van der Waals surface area contributed by atoms with Crippen molar-refractivity contribution in [2.45, 2.75) is 19.4 Å². The molecule has 0 radical (unpaired) electrons. The summed E-state index contributed by atoms with van der Waals surface area (Å²) in [7, 11) is 0. The summed E-state index contributed by atoms with van der Waals surface area (Å²) in [6.45, 7) is 4.19. The van der Waals surface area contributed by atoms with Crippen molar-refractivity contribution in [3.8, 4) is 0 Å². The molecule has 1 saturated heterocycles. The van der Waals surface area contributed by atoms with Gasteiger partial charge in [0.2, 0.25) is 5.13 Å². The summed E-state index contributed by atoms with van der Waals surface area (Å²) < 4.78 is 9.74. The van der Waals surface area contributed by atoms with Crippen LogP contribution in [-0.2, 0) is 6.42 Å². The van der Waals surface area contributed by atoms with E-state index < -0.39 is 0 Å². The zero-order valence-corrected chi connectivity index (χ0v) is 15.4. The van der Waals surface area contributed by atoms with Crippen LogP contribution in [-0.4, -0.2) is 45.8 Å². The van der Waals surface area contributed by atoms with Gasteiger partial charge in [0.1, 0.15) is 5.82 Å². The third-order valence-corrected chi connectivity index (χ3v) is 5.37. The van der Waals surface area contributed by atoms with E-state index in [1.165, 1.54) is 23.4 Å². The average molecular weight is 368 g/mol. The van der Waals surface area contributed by atoms with Crippen LogP contribution in [0.5, 0.6) is 0 Å². The van der Waals surface area contributed by atoms with Gasteiger partial charge in [-0.15, -0.1) is 0 Å². The number of carbonyl (C=O) groups is 1. The Labute approximate surface area is 156 Å². The summed E-state index contributed by atoms with van der Waals surface area (Å²) in [5.74, 6) is 1.19. The molecule has 1 aromatic carbocycles. The average Bonchev–Trinajstić information content (AvgIpc) is 3.34. The lowest BCUT2D eigenvalue weighted by Crippen LogP contribution is -2.54. The molecule has 6 nitrogen and oxygen atoms in total. The van der Waals surface area contributed by atoms with Gasteiger partial charge in [0.05, 0.1) is 6.26 Å². The fourth-order valence-electron chi connectivity index (χ4n) is 3.20. The molecular formula is C19H20N4O2S. The number of benzene rings is 1. The lowest BCUT2D eigenvalue weighted by atomic mass is 10.1. The number of carbonyl (C=O) groups excluding carboxylic acids is 1. The minimum Gasteiger partial charge on any atom is -0.459 e. The number of hydrogen-bond donors (Lipinski definition) is 0. The Kier molecular flexibility index (Phi) is 4.71. The monoisotopic (exact) mass is 368 g/mol. The smallest absolute Gasteiger partial charge is 0.289 e.